The molecule has 1 saturated heterocycles. The highest BCUT2D eigenvalue weighted by molar-refractivity contribution is 5.94. The molecule has 0 bridgehead atoms. The number of carbonyl (C=O) groups excluding carboxylic acids is 1. The van der Waals surface area contributed by atoms with Crippen molar-refractivity contribution in [3.8, 4) is 0 Å². The first kappa shape index (κ1) is 22.9. The van der Waals surface area contributed by atoms with Gasteiger partial charge in [-0.1, -0.05) is 19.1 Å². The molecule has 1 aromatic carbocycles. The standard InChI is InChI=1S/C24H35N5O2/c1-4-18(2)28-23(30)20-10-7-9-19(15-20)16-26-24(25-3)27-17-21(22-11-8-14-31-22)29-12-5-6-13-29/h7-11,14-15,18,21H,4-6,12-13,16-17H2,1-3H3,(H,28,30)(H2,25,26,27). The molecule has 3 rings (SSSR count). The zero-order chi connectivity index (χ0) is 22.1. The van der Waals surface area contributed by atoms with E-state index >= 15 is 0 Å². The molecule has 1 aliphatic rings. The fraction of sp³-hybridized carbons (Fsp3) is 0.500. The van der Waals surface area contributed by atoms with Gasteiger partial charge in [-0.3, -0.25) is 14.7 Å². The summed E-state index contributed by atoms with van der Waals surface area (Å²) < 4.78 is 5.69. The first-order valence-electron chi connectivity index (χ1n) is 11.2. The molecule has 31 heavy (non-hydrogen) atoms. The predicted molar refractivity (Wildman–Crippen MR) is 124 cm³/mol. The van der Waals surface area contributed by atoms with Crippen molar-refractivity contribution in [1.29, 1.82) is 0 Å². The van der Waals surface area contributed by atoms with Gasteiger partial charge in [0.05, 0.1) is 12.3 Å². The maximum atomic E-state index is 12.4. The number of furan rings is 1. The normalized spacial score (nSPS) is 16.7. The molecular formula is C24H35N5O2. The molecule has 0 saturated carbocycles. The van der Waals surface area contributed by atoms with E-state index in [2.05, 4.69) is 32.8 Å². The monoisotopic (exact) mass is 425 g/mol. The summed E-state index contributed by atoms with van der Waals surface area (Å²) in [4.78, 5) is 19.2. The Labute approximate surface area is 185 Å². The summed E-state index contributed by atoms with van der Waals surface area (Å²) in [5.74, 6) is 1.67. The largest absolute Gasteiger partial charge is 0.468 e. The Hall–Kier alpha value is -2.80. The van der Waals surface area contributed by atoms with Crippen LogP contribution in [0.2, 0.25) is 0 Å². The van der Waals surface area contributed by atoms with Gasteiger partial charge in [-0.05, 0) is 69.1 Å². The van der Waals surface area contributed by atoms with Crippen molar-refractivity contribution in [3.63, 3.8) is 0 Å². The quantitative estimate of drug-likeness (QED) is 0.424. The Balaban J connectivity index is 1.55. The molecule has 2 aromatic rings. The number of hydrogen-bond acceptors (Lipinski definition) is 4. The van der Waals surface area contributed by atoms with Gasteiger partial charge in [0, 0.05) is 31.7 Å². The molecule has 1 aliphatic heterocycles. The highest BCUT2D eigenvalue weighted by Crippen LogP contribution is 2.24. The van der Waals surface area contributed by atoms with E-state index in [0.29, 0.717) is 18.7 Å². The molecule has 3 N–H and O–H groups in total. The van der Waals surface area contributed by atoms with Gasteiger partial charge in [-0.2, -0.15) is 0 Å². The molecular weight excluding hydrogens is 390 g/mol. The second-order valence-electron chi connectivity index (χ2n) is 8.06. The lowest BCUT2D eigenvalue weighted by Crippen LogP contribution is -2.42. The van der Waals surface area contributed by atoms with Crippen molar-refractivity contribution in [2.45, 2.75) is 51.7 Å². The Morgan fingerprint density at radius 2 is 2.00 bits per heavy atom. The number of guanidine groups is 1. The van der Waals surface area contributed by atoms with Crippen LogP contribution in [0.3, 0.4) is 0 Å². The minimum Gasteiger partial charge on any atom is -0.468 e. The molecule has 7 nitrogen and oxygen atoms in total. The molecule has 1 fully saturated rings. The minimum absolute atomic E-state index is 0.0365. The lowest BCUT2D eigenvalue weighted by atomic mass is 10.1. The number of nitrogens with one attached hydrogen (secondary N) is 3. The van der Waals surface area contributed by atoms with Crippen LogP contribution in [0.4, 0.5) is 0 Å². The van der Waals surface area contributed by atoms with Crippen LogP contribution in [-0.2, 0) is 6.54 Å². The third-order valence-corrected chi connectivity index (χ3v) is 5.78. The topological polar surface area (TPSA) is 81.9 Å². The number of carbonyl (C=O) groups is 1. The van der Waals surface area contributed by atoms with E-state index < -0.39 is 0 Å². The second-order valence-corrected chi connectivity index (χ2v) is 8.06. The van der Waals surface area contributed by atoms with E-state index in [1.807, 2.05) is 43.3 Å². The molecule has 2 unspecified atom stereocenters. The predicted octanol–water partition coefficient (Wildman–Crippen LogP) is 3.31. The van der Waals surface area contributed by atoms with Gasteiger partial charge in [0.1, 0.15) is 5.76 Å². The molecule has 2 heterocycles. The molecule has 2 atom stereocenters. The fourth-order valence-electron chi connectivity index (χ4n) is 3.78. The Kier molecular flexibility index (Phi) is 8.53. The van der Waals surface area contributed by atoms with Crippen LogP contribution in [-0.4, -0.2) is 49.5 Å². The summed E-state index contributed by atoms with van der Waals surface area (Å²) in [6, 6.07) is 12.0. The van der Waals surface area contributed by atoms with Crippen LogP contribution in [0.25, 0.3) is 0 Å². The molecule has 7 heteroatoms. The molecule has 1 aromatic heterocycles. The van der Waals surface area contributed by atoms with E-state index in [0.717, 1.165) is 36.8 Å². The highest BCUT2D eigenvalue weighted by Gasteiger charge is 2.25. The average Bonchev–Trinajstić information content (AvgIpc) is 3.51. The zero-order valence-corrected chi connectivity index (χ0v) is 18.9. The molecule has 168 valence electrons. The Bertz CT molecular complexity index is 843. The Morgan fingerprint density at radius 3 is 2.68 bits per heavy atom. The summed E-state index contributed by atoms with van der Waals surface area (Å²) in [6.07, 6.45) is 5.09. The van der Waals surface area contributed by atoms with Crippen LogP contribution in [0, 0.1) is 0 Å². The van der Waals surface area contributed by atoms with Crippen molar-refractivity contribution < 1.29 is 9.21 Å². The van der Waals surface area contributed by atoms with Gasteiger partial charge >= 0.3 is 0 Å². The van der Waals surface area contributed by atoms with Crippen LogP contribution in [0.15, 0.2) is 52.1 Å². The van der Waals surface area contributed by atoms with Crippen LogP contribution >= 0.6 is 0 Å². The zero-order valence-electron chi connectivity index (χ0n) is 18.9. The van der Waals surface area contributed by atoms with Crippen molar-refractivity contribution >= 4 is 11.9 Å². The van der Waals surface area contributed by atoms with Gasteiger partial charge in [0.15, 0.2) is 5.96 Å². The first-order valence-corrected chi connectivity index (χ1v) is 11.2. The smallest absolute Gasteiger partial charge is 0.251 e. The number of likely N-dealkylation sites (tertiary alicyclic amines) is 1. The van der Waals surface area contributed by atoms with E-state index in [9.17, 15) is 4.79 Å². The van der Waals surface area contributed by atoms with Crippen LogP contribution in [0.5, 0.6) is 0 Å². The number of hydrogen-bond donors (Lipinski definition) is 3. The number of nitrogens with zero attached hydrogens (tertiary/aromatic N) is 2. The van der Waals surface area contributed by atoms with E-state index in [4.69, 9.17) is 4.42 Å². The lowest BCUT2D eigenvalue weighted by Gasteiger charge is -2.26. The van der Waals surface area contributed by atoms with Gasteiger partial charge < -0.3 is 20.4 Å². The third-order valence-electron chi connectivity index (χ3n) is 5.78. The highest BCUT2D eigenvalue weighted by atomic mass is 16.3. The maximum Gasteiger partial charge on any atom is 0.251 e. The van der Waals surface area contributed by atoms with E-state index in [-0.39, 0.29) is 18.0 Å². The fourth-order valence-corrected chi connectivity index (χ4v) is 3.78. The third kappa shape index (κ3) is 6.59. The van der Waals surface area contributed by atoms with Crippen molar-refractivity contribution in [3.05, 3.63) is 59.5 Å². The maximum absolute atomic E-state index is 12.4. The van der Waals surface area contributed by atoms with Crippen LogP contribution < -0.4 is 16.0 Å². The second kappa shape index (κ2) is 11.6. The van der Waals surface area contributed by atoms with Gasteiger partial charge in [-0.25, -0.2) is 0 Å². The lowest BCUT2D eigenvalue weighted by molar-refractivity contribution is 0.0939. The first-order chi connectivity index (χ1) is 15.1. The van der Waals surface area contributed by atoms with Gasteiger partial charge in [-0.15, -0.1) is 0 Å². The van der Waals surface area contributed by atoms with Gasteiger partial charge in [0.2, 0.25) is 0 Å². The summed E-state index contributed by atoms with van der Waals surface area (Å²) in [5, 5.41) is 9.80. The molecule has 0 spiro atoms. The van der Waals surface area contributed by atoms with Gasteiger partial charge in [0.25, 0.3) is 5.91 Å². The van der Waals surface area contributed by atoms with Crippen molar-refractivity contribution in [2.24, 2.45) is 4.99 Å². The number of benzene rings is 1. The molecule has 0 aliphatic carbocycles. The number of rotatable bonds is 9. The number of aliphatic imine (C=N–C) groups is 1. The summed E-state index contributed by atoms with van der Waals surface area (Å²) in [7, 11) is 1.77. The van der Waals surface area contributed by atoms with E-state index in [1.165, 1.54) is 12.8 Å². The number of amides is 1. The summed E-state index contributed by atoms with van der Waals surface area (Å²) >= 11 is 0. The Morgan fingerprint density at radius 1 is 1.19 bits per heavy atom. The average molecular weight is 426 g/mol. The van der Waals surface area contributed by atoms with Crippen LogP contribution in [0.1, 0.15) is 60.8 Å². The van der Waals surface area contributed by atoms with Crippen molar-refractivity contribution in [1.82, 2.24) is 20.9 Å². The SMILES string of the molecule is CCC(C)NC(=O)c1cccc(CNC(=NC)NCC(c2ccco2)N2CCCC2)c1. The minimum atomic E-state index is -0.0365. The van der Waals surface area contributed by atoms with Crippen molar-refractivity contribution in [2.75, 3.05) is 26.7 Å². The van der Waals surface area contributed by atoms with E-state index in [1.54, 1.807) is 13.3 Å². The molecule has 1 amide bonds. The molecule has 0 radical (unpaired) electrons. The summed E-state index contributed by atoms with van der Waals surface area (Å²) in [5.41, 5.74) is 1.70. The summed E-state index contributed by atoms with van der Waals surface area (Å²) in [6.45, 7) is 7.54.